The third kappa shape index (κ3) is 3.21. The van der Waals surface area contributed by atoms with Gasteiger partial charge in [-0.15, -0.1) is 11.8 Å². The number of hydrogen-bond acceptors (Lipinski definition) is 2. The van der Waals surface area contributed by atoms with Crippen LogP contribution in [0.1, 0.15) is 32.1 Å². The monoisotopic (exact) mass is 255 g/mol. The molecule has 0 aliphatic carbocycles. The van der Waals surface area contributed by atoms with E-state index >= 15 is 0 Å². The molecule has 0 amide bonds. The van der Waals surface area contributed by atoms with Crippen LogP contribution >= 0.6 is 15.9 Å². The highest BCUT2D eigenvalue weighted by atomic mass is 79.9. The van der Waals surface area contributed by atoms with Crippen molar-refractivity contribution in [3.63, 3.8) is 0 Å². The molecule has 1 atom stereocenters. The minimum absolute atomic E-state index is 0.193. The van der Waals surface area contributed by atoms with Crippen LogP contribution in [0.15, 0.2) is 21.2 Å². The van der Waals surface area contributed by atoms with Crippen molar-refractivity contribution in [2.24, 2.45) is 0 Å². The summed E-state index contributed by atoms with van der Waals surface area (Å²) in [7, 11) is 0. The molecule has 76 valence electrons. The molecule has 0 spiro atoms. The second kappa shape index (κ2) is 5.90. The van der Waals surface area contributed by atoms with Crippen LogP contribution < -0.4 is 5.32 Å². The Labute approximate surface area is 93.2 Å². The quantitative estimate of drug-likeness (QED) is 0.837. The van der Waals surface area contributed by atoms with Gasteiger partial charge in [-0.1, -0.05) is 6.92 Å². The molecule has 2 nitrogen and oxygen atoms in total. The number of furan rings is 1. The van der Waals surface area contributed by atoms with Crippen molar-refractivity contribution >= 4 is 15.9 Å². The van der Waals surface area contributed by atoms with E-state index in [0.29, 0.717) is 0 Å². The highest BCUT2D eigenvalue weighted by Crippen LogP contribution is 2.22. The van der Waals surface area contributed by atoms with Crippen LogP contribution in [0.25, 0.3) is 0 Å². The van der Waals surface area contributed by atoms with Gasteiger partial charge in [-0.2, -0.15) is 0 Å². The molecule has 0 aliphatic rings. The fourth-order valence-electron chi connectivity index (χ4n) is 1.24. The maximum atomic E-state index is 5.48. The Balaban J connectivity index is 2.69. The maximum Gasteiger partial charge on any atom is 0.169 e. The first-order valence-electron chi connectivity index (χ1n) is 4.66. The smallest absolute Gasteiger partial charge is 0.169 e. The average molecular weight is 256 g/mol. The fraction of sp³-hybridized carbons (Fsp3) is 0.455. The molecule has 0 bridgehead atoms. The lowest BCUT2D eigenvalue weighted by molar-refractivity contribution is 0.411. The summed E-state index contributed by atoms with van der Waals surface area (Å²) >= 11 is 3.29. The molecule has 1 rings (SSSR count). The average Bonchev–Trinajstić information content (AvgIpc) is 2.59. The minimum atomic E-state index is 0.193. The molecule has 14 heavy (non-hydrogen) atoms. The van der Waals surface area contributed by atoms with E-state index in [0.717, 1.165) is 23.4 Å². The lowest BCUT2D eigenvalue weighted by Gasteiger charge is -2.11. The summed E-state index contributed by atoms with van der Waals surface area (Å²) in [6.07, 6.45) is 0.782. The Morgan fingerprint density at radius 2 is 2.36 bits per heavy atom. The van der Waals surface area contributed by atoms with Gasteiger partial charge in [0, 0.05) is 6.42 Å². The largest absolute Gasteiger partial charge is 0.453 e. The normalized spacial score (nSPS) is 11.9. The zero-order valence-electron chi connectivity index (χ0n) is 8.43. The lowest BCUT2D eigenvalue weighted by atomic mass is 10.1. The standard InChI is InChI=1S/C11H14BrNO/c1-3-5-6-9(13-4-2)10-7-8-11(12)14-10/h7-9,13H,4,6H2,1-2H3. The molecule has 0 radical (unpaired) electrons. The van der Waals surface area contributed by atoms with E-state index < -0.39 is 0 Å². The molecule has 0 fully saturated rings. The molecule has 1 unspecified atom stereocenters. The van der Waals surface area contributed by atoms with Crippen molar-refractivity contribution in [1.29, 1.82) is 0 Å². The van der Waals surface area contributed by atoms with Crippen molar-refractivity contribution in [3.8, 4) is 11.8 Å². The van der Waals surface area contributed by atoms with E-state index in [1.165, 1.54) is 0 Å². The summed E-state index contributed by atoms with van der Waals surface area (Å²) in [6.45, 7) is 4.83. The van der Waals surface area contributed by atoms with Gasteiger partial charge in [0.2, 0.25) is 0 Å². The van der Waals surface area contributed by atoms with Crippen LogP contribution in [-0.2, 0) is 0 Å². The Morgan fingerprint density at radius 1 is 1.57 bits per heavy atom. The Morgan fingerprint density at radius 3 is 2.86 bits per heavy atom. The van der Waals surface area contributed by atoms with E-state index in [9.17, 15) is 0 Å². The van der Waals surface area contributed by atoms with E-state index in [2.05, 4.69) is 40.0 Å². The van der Waals surface area contributed by atoms with E-state index in [1.807, 2.05) is 19.1 Å². The van der Waals surface area contributed by atoms with Gasteiger partial charge in [0.05, 0.1) is 6.04 Å². The van der Waals surface area contributed by atoms with Crippen LogP contribution in [0.2, 0.25) is 0 Å². The van der Waals surface area contributed by atoms with Crippen LogP contribution in [0.4, 0.5) is 0 Å². The van der Waals surface area contributed by atoms with Gasteiger partial charge in [-0.25, -0.2) is 0 Å². The Bertz CT molecular complexity index is 335. The van der Waals surface area contributed by atoms with Crippen LogP contribution in [0, 0.1) is 11.8 Å². The van der Waals surface area contributed by atoms with E-state index in [-0.39, 0.29) is 6.04 Å². The zero-order valence-corrected chi connectivity index (χ0v) is 10.0. The predicted octanol–water partition coefficient (Wildman–Crippen LogP) is 3.11. The van der Waals surface area contributed by atoms with Crippen molar-refractivity contribution in [3.05, 3.63) is 22.6 Å². The summed E-state index contributed by atoms with van der Waals surface area (Å²) in [5.41, 5.74) is 0. The number of nitrogens with one attached hydrogen (secondary N) is 1. The van der Waals surface area contributed by atoms with Crippen molar-refractivity contribution in [2.75, 3.05) is 6.54 Å². The molecule has 1 heterocycles. The molecule has 0 aromatic carbocycles. The lowest BCUT2D eigenvalue weighted by Crippen LogP contribution is -2.19. The first kappa shape index (κ1) is 11.4. The summed E-state index contributed by atoms with van der Waals surface area (Å²) in [6, 6.07) is 4.06. The van der Waals surface area contributed by atoms with Gasteiger partial charge in [0.1, 0.15) is 5.76 Å². The molecule has 1 aromatic rings. The minimum Gasteiger partial charge on any atom is -0.453 e. The van der Waals surface area contributed by atoms with Gasteiger partial charge < -0.3 is 9.73 Å². The summed E-state index contributed by atoms with van der Waals surface area (Å²) in [4.78, 5) is 0. The number of halogens is 1. The first-order valence-corrected chi connectivity index (χ1v) is 5.45. The zero-order chi connectivity index (χ0) is 10.4. The van der Waals surface area contributed by atoms with Crippen LogP contribution in [-0.4, -0.2) is 6.54 Å². The molecular weight excluding hydrogens is 242 g/mol. The van der Waals surface area contributed by atoms with Crippen molar-refractivity contribution < 1.29 is 4.42 Å². The van der Waals surface area contributed by atoms with Gasteiger partial charge in [0.15, 0.2) is 4.67 Å². The SMILES string of the molecule is CC#CCC(NCC)c1ccc(Br)o1. The van der Waals surface area contributed by atoms with Gasteiger partial charge in [0.25, 0.3) is 0 Å². The van der Waals surface area contributed by atoms with E-state index in [4.69, 9.17) is 4.42 Å². The second-order valence-corrected chi connectivity index (χ2v) is 3.66. The van der Waals surface area contributed by atoms with Crippen LogP contribution in [0.5, 0.6) is 0 Å². The molecule has 0 aliphatic heterocycles. The molecule has 0 saturated carbocycles. The van der Waals surface area contributed by atoms with E-state index in [1.54, 1.807) is 0 Å². The van der Waals surface area contributed by atoms with Crippen molar-refractivity contribution in [2.45, 2.75) is 26.3 Å². The highest BCUT2D eigenvalue weighted by Gasteiger charge is 2.12. The molecule has 1 N–H and O–H groups in total. The Hall–Kier alpha value is -0.720. The second-order valence-electron chi connectivity index (χ2n) is 2.88. The third-order valence-electron chi connectivity index (χ3n) is 1.87. The van der Waals surface area contributed by atoms with Crippen molar-refractivity contribution in [1.82, 2.24) is 5.32 Å². The first-order chi connectivity index (χ1) is 6.77. The van der Waals surface area contributed by atoms with Crippen LogP contribution in [0.3, 0.4) is 0 Å². The fourth-order valence-corrected chi connectivity index (χ4v) is 1.56. The highest BCUT2D eigenvalue weighted by molar-refractivity contribution is 9.10. The molecular formula is C11H14BrNO. The summed E-state index contributed by atoms with van der Waals surface area (Å²) in [5.74, 6) is 6.87. The van der Waals surface area contributed by atoms with Gasteiger partial charge in [-0.05, 0) is 41.5 Å². The summed E-state index contributed by atoms with van der Waals surface area (Å²) < 4.78 is 6.25. The third-order valence-corrected chi connectivity index (χ3v) is 2.30. The predicted molar refractivity (Wildman–Crippen MR) is 60.9 cm³/mol. The summed E-state index contributed by atoms with van der Waals surface area (Å²) in [5, 5.41) is 3.33. The molecule has 0 saturated heterocycles. The van der Waals surface area contributed by atoms with Gasteiger partial charge >= 0.3 is 0 Å². The number of hydrogen-bond donors (Lipinski definition) is 1. The molecule has 3 heteroatoms. The molecule has 1 aromatic heterocycles. The Kier molecular flexibility index (Phi) is 4.78. The maximum absolute atomic E-state index is 5.48. The topological polar surface area (TPSA) is 25.2 Å². The number of rotatable bonds is 4. The van der Waals surface area contributed by atoms with Gasteiger partial charge in [-0.3, -0.25) is 0 Å².